The highest BCUT2D eigenvalue weighted by atomic mass is 19.1. The fraction of sp³-hybridized carbons (Fsp3) is 0.462. The van der Waals surface area contributed by atoms with Gasteiger partial charge in [0.05, 0.1) is 19.1 Å². The lowest BCUT2D eigenvalue weighted by molar-refractivity contribution is -0.146. The lowest BCUT2D eigenvalue weighted by atomic mass is 9.87. The maximum atomic E-state index is 12.8. The Kier molecular flexibility index (Phi) is 3.43. The number of halogens is 1. The lowest BCUT2D eigenvalue weighted by Crippen LogP contribution is -2.24. The van der Waals surface area contributed by atoms with Gasteiger partial charge in [0.2, 0.25) is 0 Å². The van der Waals surface area contributed by atoms with Crippen LogP contribution in [0.25, 0.3) is 0 Å². The summed E-state index contributed by atoms with van der Waals surface area (Å²) in [6, 6.07) is 5.92. The Bertz CT molecular complexity index is 402. The van der Waals surface area contributed by atoms with Crippen LogP contribution in [0.5, 0.6) is 0 Å². The van der Waals surface area contributed by atoms with Crippen molar-refractivity contribution in [3.05, 3.63) is 35.6 Å². The number of carbonyl (C=O) groups is 1. The lowest BCUT2D eigenvalue weighted by Gasteiger charge is -2.20. The molecular weight excluding hydrogens is 223 g/mol. The van der Waals surface area contributed by atoms with E-state index in [0.717, 1.165) is 5.56 Å². The number of aliphatic hydroxyl groups is 1. The number of benzene rings is 1. The van der Waals surface area contributed by atoms with E-state index in [4.69, 9.17) is 4.74 Å². The SMILES string of the molecule is COC(=O)[C@@H]1CC[C@H](O)[C@H]1c1ccc(F)cc1. The third kappa shape index (κ3) is 2.31. The van der Waals surface area contributed by atoms with Crippen molar-refractivity contribution < 1.29 is 19.0 Å². The van der Waals surface area contributed by atoms with E-state index in [1.54, 1.807) is 12.1 Å². The zero-order valence-electron chi connectivity index (χ0n) is 9.60. The summed E-state index contributed by atoms with van der Waals surface area (Å²) >= 11 is 0. The molecule has 1 aliphatic carbocycles. The summed E-state index contributed by atoms with van der Waals surface area (Å²) in [5.41, 5.74) is 0.784. The van der Waals surface area contributed by atoms with Crippen molar-refractivity contribution in [3.63, 3.8) is 0 Å². The Morgan fingerprint density at radius 1 is 1.35 bits per heavy atom. The van der Waals surface area contributed by atoms with Crippen molar-refractivity contribution in [2.75, 3.05) is 7.11 Å². The predicted octanol–water partition coefficient (Wildman–Crippen LogP) is 1.85. The minimum atomic E-state index is -0.565. The average Bonchev–Trinajstić information content (AvgIpc) is 2.71. The first-order chi connectivity index (χ1) is 8.13. The van der Waals surface area contributed by atoms with Crippen LogP contribution in [0, 0.1) is 11.7 Å². The van der Waals surface area contributed by atoms with Gasteiger partial charge in [0.15, 0.2) is 0 Å². The highest BCUT2D eigenvalue weighted by molar-refractivity contribution is 5.74. The van der Waals surface area contributed by atoms with E-state index in [0.29, 0.717) is 12.8 Å². The van der Waals surface area contributed by atoms with Gasteiger partial charge < -0.3 is 9.84 Å². The van der Waals surface area contributed by atoms with Crippen LogP contribution >= 0.6 is 0 Å². The molecule has 1 saturated carbocycles. The molecule has 3 atom stereocenters. The maximum absolute atomic E-state index is 12.8. The quantitative estimate of drug-likeness (QED) is 0.800. The number of rotatable bonds is 2. The van der Waals surface area contributed by atoms with Gasteiger partial charge in [0.1, 0.15) is 5.82 Å². The Morgan fingerprint density at radius 2 is 2.00 bits per heavy atom. The van der Waals surface area contributed by atoms with Crippen molar-refractivity contribution in [2.24, 2.45) is 5.92 Å². The molecule has 92 valence electrons. The number of methoxy groups -OCH3 is 1. The molecular formula is C13H15FO3. The second kappa shape index (κ2) is 4.84. The highest BCUT2D eigenvalue weighted by Crippen LogP contribution is 2.40. The zero-order valence-corrected chi connectivity index (χ0v) is 9.60. The molecule has 0 aromatic heterocycles. The summed E-state index contributed by atoms with van der Waals surface area (Å²) in [5.74, 6) is -1.25. The van der Waals surface area contributed by atoms with Crippen LogP contribution in [-0.4, -0.2) is 24.3 Å². The van der Waals surface area contributed by atoms with Crippen LogP contribution in [0.2, 0.25) is 0 Å². The molecule has 17 heavy (non-hydrogen) atoms. The number of ether oxygens (including phenoxy) is 1. The highest BCUT2D eigenvalue weighted by Gasteiger charge is 2.40. The zero-order chi connectivity index (χ0) is 12.4. The monoisotopic (exact) mass is 238 g/mol. The van der Waals surface area contributed by atoms with E-state index in [2.05, 4.69) is 0 Å². The van der Waals surface area contributed by atoms with Crippen molar-refractivity contribution >= 4 is 5.97 Å². The summed E-state index contributed by atoms with van der Waals surface area (Å²) in [7, 11) is 1.34. The molecule has 1 aromatic rings. The molecule has 0 saturated heterocycles. The van der Waals surface area contributed by atoms with Gasteiger partial charge in [-0.25, -0.2) is 4.39 Å². The summed E-state index contributed by atoms with van der Waals surface area (Å²) in [6.07, 6.45) is 0.613. The molecule has 0 aliphatic heterocycles. The first-order valence-electron chi connectivity index (χ1n) is 5.65. The number of hydrogen-bond acceptors (Lipinski definition) is 3. The topological polar surface area (TPSA) is 46.5 Å². The number of aliphatic hydroxyl groups excluding tert-OH is 1. The minimum Gasteiger partial charge on any atom is -0.469 e. The Balaban J connectivity index is 2.27. The van der Waals surface area contributed by atoms with E-state index in [1.807, 2.05) is 0 Å². The van der Waals surface area contributed by atoms with Crippen LogP contribution in [0.4, 0.5) is 4.39 Å². The Morgan fingerprint density at radius 3 is 2.59 bits per heavy atom. The second-order valence-corrected chi connectivity index (χ2v) is 4.35. The van der Waals surface area contributed by atoms with E-state index in [-0.39, 0.29) is 23.6 Å². The number of hydrogen-bond donors (Lipinski definition) is 1. The molecule has 0 radical (unpaired) electrons. The third-order valence-electron chi connectivity index (χ3n) is 3.38. The molecule has 0 unspecified atom stereocenters. The molecule has 4 heteroatoms. The van der Waals surface area contributed by atoms with Crippen LogP contribution in [0.1, 0.15) is 24.3 Å². The molecule has 2 rings (SSSR count). The smallest absolute Gasteiger partial charge is 0.309 e. The summed E-state index contributed by atoms with van der Waals surface area (Å²) < 4.78 is 17.6. The average molecular weight is 238 g/mol. The number of esters is 1. The minimum absolute atomic E-state index is 0.289. The second-order valence-electron chi connectivity index (χ2n) is 4.35. The largest absolute Gasteiger partial charge is 0.469 e. The molecule has 1 fully saturated rings. The van der Waals surface area contributed by atoms with Crippen LogP contribution in [0.15, 0.2) is 24.3 Å². The van der Waals surface area contributed by atoms with Crippen molar-refractivity contribution in [2.45, 2.75) is 24.9 Å². The van der Waals surface area contributed by atoms with Gasteiger partial charge in [-0.1, -0.05) is 12.1 Å². The van der Waals surface area contributed by atoms with Crippen molar-refractivity contribution in [1.29, 1.82) is 0 Å². The molecule has 3 nitrogen and oxygen atoms in total. The van der Waals surface area contributed by atoms with Gasteiger partial charge in [-0.3, -0.25) is 4.79 Å². The molecule has 1 aliphatic rings. The first kappa shape index (κ1) is 12.0. The molecule has 0 amide bonds. The van der Waals surface area contributed by atoms with Gasteiger partial charge in [-0.2, -0.15) is 0 Å². The van der Waals surface area contributed by atoms with E-state index in [1.165, 1.54) is 19.2 Å². The van der Waals surface area contributed by atoms with E-state index >= 15 is 0 Å². The normalized spacial score (nSPS) is 28.1. The molecule has 1 N–H and O–H groups in total. The molecule has 0 heterocycles. The summed E-state index contributed by atoms with van der Waals surface area (Å²) in [4.78, 5) is 11.6. The van der Waals surface area contributed by atoms with Crippen molar-refractivity contribution in [1.82, 2.24) is 0 Å². The van der Waals surface area contributed by atoms with Gasteiger partial charge >= 0.3 is 5.97 Å². The van der Waals surface area contributed by atoms with Gasteiger partial charge in [-0.15, -0.1) is 0 Å². The van der Waals surface area contributed by atoms with Gasteiger partial charge in [-0.05, 0) is 30.5 Å². The predicted molar refractivity (Wildman–Crippen MR) is 59.9 cm³/mol. The van der Waals surface area contributed by atoms with Gasteiger partial charge in [0, 0.05) is 5.92 Å². The summed E-state index contributed by atoms with van der Waals surface area (Å²) in [6.45, 7) is 0. The van der Waals surface area contributed by atoms with Crippen LogP contribution < -0.4 is 0 Å². The fourth-order valence-electron chi connectivity index (χ4n) is 2.53. The Hall–Kier alpha value is -1.42. The van der Waals surface area contributed by atoms with Crippen molar-refractivity contribution in [3.8, 4) is 0 Å². The van der Waals surface area contributed by atoms with E-state index in [9.17, 15) is 14.3 Å². The van der Waals surface area contributed by atoms with Gasteiger partial charge in [0.25, 0.3) is 0 Å². The maximum Gasteiger partial charge on any atom is 0.309 e. The molecule has 1 aromatic carbocycles. The standard InChI is InChI=1S/C13H15FO3/c1-17-13(16)10-6-7-11(15)12(10)8-2-4-9(14)5-3-8/h2-5,10-12,15H,6-7H2,1H3/t10-,11+,12+/m1/s1. The summed E-state index contributed by atoms with van der Waals surface area (Å²) in [5, 5.41) is 9.92. The molecule has 0 bridgehead atoms. The fourth-order valence-corrected chi connectivity index (χ4v) is 2.53. The molecule has 0 spiro atoms. The van der Waals surface area contributed by atoms with E-state index < -0.39 is 6.10 Å². The van der Waals surface area contributed by atoms with Crippen LogP contribution in [0.3, 0.4) is 0 Å². The first-order valence-corrected chi connectivity index (χ1v) is 5.65. The Labute approximate surface area is 99.2 Å². The third-order valence-corrected chi connectivity index (χ3v) is 3.38. The number of carbonyl (C=O) groups excluding carboxylic acids is 1. The van der Waals surface area contributed by atoms with Crippen LogP contribution in [-0.2, 0) is 9.53 Å².